The molecule has 0 saturated carbocycles. The zero-order valence-electron chi connectivity index (χ0n) is 17.5. The van der Waals surface area contributed by atoms with Crippen molar-refractivity contribution in [1.82, 2.24) is 16.0 Å². The van der Waals surface area contributed by atoms with E-state index in [1.54, 1.807) is 13.8 Å². The van der Waals surface area contributed by atoms with E-state index in [4.69, 9.17) is 17.2 Å². The van der Waals surface area contributed by atoms with Crippen molar-refractivity contribution in [1.29, 1.82) is 0 Å². The maximum Gasteiger partial charge on any atom is 0.326 e. The number of carbonyl (C=O) groups excluding carboxylic acids is 4. The Morgan fingerprint density at radius 2 is 1.60 bits per heavy atom. The van der Waals surface area contributed by atoms with Gasteiger partial charge in [-0.3, -0.25) is 19.2 Å². The Kier molecular flexibility index (Phi) is 13.0. The second-order valence-electron chi connectivity index (χ2n) is 7.43. The molecule has 30 heavy (non-hydrogen) atoms. The van der Waals surface area contributed by atoms with Crippen LogP contribution in [0.2, 0.25) is 0 Å². The number of nitrogens with two attached hydrogens (primary N) is 3. The molecule has 0 aromatic carbocycles. The fraction of sp³-hybridized carbons (Fsp3) is 0.722. The maximum atomic E-state index is 12.4. The number of carbonyl (C=O) groups is 5. The van der Waals surface area contributed by atoms with E-state index < -0.39 is 60.7 Å². The van der Waals surface area contributed by atoms with Crippen molar-refractivity contribution in [3.05, 3.63) is 0 Å². The van der Waals surface area contributed by atoms with Crippen LogP contribution in [-0.2, 0) is 24.0 Å². The molecule has 0 bridgehead atoms. The Labute approximate surface area is 175 Å². The minimum atomic E-state index is -1.38. The Bertz CT molecular complexity index is 612. The first-order valence-corrected chi connectivity index (χ1v) is 9.82. The number of carboxylic acid groups (broad SMARTS) is 1. The molecular formula is C18H34N6O6. The molecule has 4 amide bonds. The molecule has 0 aromatic heterocycles. The molecular weight excluding hydrogens is 396 g/mol. The zero-order chi connectivity index (χ0) is 23.3. The summed E-state index contributed by atoms with van der Waals surface area (Å²) in [5, 5.41) is 16.1. The zero-order valence-corrected chi connectivity index (χ0v) is 17.5. The molecule has 0 saturated heterocycles. The van der Waals surface area contributed by atoms with Gasteiger partial charge in [0.2, 0.25) is 23.6 Å². The average Bonchev–Trinajstić information content (AvgIpc) is 2.64. The third-order valence-electron chi connectivity index (χ3n) is 4.11. The molecule has 0 radical (unpaired) electrons. The van der Waals surface area contributed by atoms with Gasteiger partial charge in [0.05, 0.1) is 19.0 Å². The highest BCUT2D eigenvalue weighted by Gasteiger charge is 2.28. The maximum absolute atomic E-state index is 12.4. The number of carboxylic acids is 1. The van der Waals surface area contributed by atoms with Crippen molar-refractivity contribution in [3.8, 4) is 0 Å². The van der Waals surface area contributed by atoms with Gasteiger partial charge in [-0.05, 0) is 31.7 Å². The van der Waals surface area contributed by atoms with Crippen LogP contribution in [0.5, 0.6) is 0 Å². The molecule has 0 aliphatic heterocycles. The van der Waals surface area contributed by atoms with Crippen LogP contribution < -0.4 is 33.2 Å². The third kappa shape index (κ3) is 12.0. The fourth-order valence-corrected chi connectivity index (χ4v) is 2.56. The Balaban J connectivity index is 4.82. The average molecular weight is 431 g/mol. The largest absolute Gasteiger partial charge is 0.480 e. The van der Waals surface area contributed by atoms with Crippen LogP contribution in [0.3, 0.4) is 0 Å². The van der Waals surface area contributed by atoms with Crippen molar-refractivity contribution in [2.24, 2.45) is 23.1 Å². The van der Waals surface area contributed by atoms with Gasteiger partial charge in [-0.2, -0.15) is 0 Å². The molecule has 0 fully saturated rings. The van der Waals surface area contributed by atoms with Gasteiger partial charge in [0, 0.05) is 0 Å². The summed E-state index contributed by atoms with van der Waals surface area (Å²) in [5.74, 6) is -4.27. The van der Waals surface area contributed by atoms with Crippen LogP contribution in [0, 0.1) is 5.92 Å². The summed E-state index contributed by atoms with van der Waals surface area (Å²) in [6, 6.07) is -3.36. The van der Waals surface area contributed by atoms with Crippen molar-refractivity contribution in [2.45, 2.75) is 64.1 Å². The van der Waals surface area contributed by atoms with Gasteiger partial charge in [-0.25, -0.2) is 4.79 Å². The van der Waals surface area contributed by atoms with Crippen LogP contribution in [0.1, 0.15) is 46.0 Å². The molecule has 172 valence electrons. The SMILES string of the molecule is CC(C)CC(NC(=O)C(CC(N)=O)NC(=O)CNC(=O)C(N)CCCCN)C(=O)O. The predicted molar refractivity (Wildman–Crippen MR) is 109 cm³/mol. The number of aliphatic carboxylic acids is 1. The third-order valence-corrected chi connectivity index (χ3v) is 4.11. The van der Waals surface area contributed by atoms with Crippen LogP contribution in [0.4, 0.5) is 0 Å². The molecule has 0 aromatic rings. The second-order valence-corrected chi connectivity index (χ2v) is 7.43. The number of rotatable bonds is 15. The van der Waals surface area contributed by atoms with Gasteiger partial charge < -0.3 is 38.3 Å². The topological polar surface area (TPSA) is 220 Å². The summed E-state index contributed by atoms with van der Waals surface area (Å²) in [6.45, 7) is 3.59. The summed E-state index contributed by atoms with van der Waals surface area (Å²) < 4.78 is 0. The lowest BCUT2D eigenvalue weighted by molar-refractivity contribution is -0.142. The highest BCUT2D eigenvalue weighted by Crippen LogP contribution is 2.06. The molecule has 0 aliphatic rings. The smallest absolute Gasteiger partial charge is 0.326 e. The van der Waals surface area contributed by atoms with E-state index in [1.165, 1.54) is 0 Å². The highest BCUT2D eigenvalue weighted by molar-refractivity contribution is 5.94. The monoisotopic (exact) mass is 430 g/mol. The van der Waals surface area contributed by atoms with E-state index in [0.29, 0.717) is 19.4 Å². The van der Waals surface area contributed by atoms with Crippen molar-refractivity contribution in [2.75, 3.05) is 13.1 Å². The van der Waals surface area contributed by atoms with Crippen molar-refractivity contribution >= 4 is 29.6 Å². The first-order chi connectivity index (χ1) is 14.0. The summed E-state index contributed by atoms with van der Waals surface area (Å²) in [5.41, 5.74) is 16.2. The first-order valence-electron chi connectivity index (χ1n) is 9.82. The predicted octanol–water partition coefficient (Wildman–Crippen LogP) is -2.47. The molecule has 12 nitrogen and oxygen atoms in total. The van der Waals surface area contributed by atoms with Gasteiger partial charge in [0.15, 0.2) is 0 Å². The van der Waals surface area contributed by atoms with E-state index >= 15 is 0 Å². The number of hydrogen-bond acceptors (Lipinski definition) is 7. The van der Waals surface area contributed by atoms with Gasteiger partial charge >= 0.3 is 5.97 Å². The summed E-state index contributed by atoms with van der Waals surface area (Å²) in [6.07, 6.45) is 1.43. The highest BCUT2D eigenvalue weighted by atomic mass is 16.4. The molecule has 0 heterocycles. The minimum absolute atomic E-state index is 0.0140. The molecule has 3 atom stereocenters. The van der Waals surface area contributed by atoms with Crippen molar-refractivity contribution in [3.63, 3.8) is 0 Å². The Morgan fingerprint density at radius 3 is 2.10 bits per heavy atom. The normalized spacial score (nSPS) is 13.8. The lowest BCUT2D eigenvalue weighted by Gasteiger charge is -2.22. The van der Waals surface area contributed by atoms with Gasteiger partial charge in [0.1, 0.15) is 12.1 Å². The van der Waals surface area contributed by atoms with Crippen molar-refractivity contribution < 1.29 is 29.1 Å². The lowest BCUT2D eigenvalue weighted by Crippen LogP contribution is -2.54. The van der Waals surface area contributed by atoms with Crippen LogP contribution >= 0.6 is 0 Å². The van der Waals surface area contributed by atoms with E-state index in [2.05, 4.69) is 16.0 Å². The standard InChI is InChI=1S/C18H34N6O6/c1-10(2)7-13(18(29)30)24-17(28)12(8-14(21)25)23-15(26)9-22-16(27)11(20)5-3-4-6-19/h10-13H,3-9,19-20H2,1-2H3,(H2,21,25)(H,22,27)(H,23,26)(H,24,28)(H,29,30). The number of nitrogens with one attached hydrogen (secondary N) is 3. The quantitative estimate of drug-likeness (QED) is 0.138. The van der Waals surface area contributed by atoms with Gasteiger partial charge in [-0.1, -0.05) is 20.3 Å². The van der Waals surface area contributed by atoms with Crippen LogP contribution in [0.15, 0.2) is 0 Å². The van der Waals surface area contributed by atoms with E-state index in [1.807, 2.05) is 0 Å². The molecule has 3 unspecified atom stereocenters. The lowest BCUT2D eigenvalue weighted by atomic mass is 10.0. The van der Waals surface area contributed by atoms with E-state index in [-0.39, 0.29) is 12.3 Å². The number of unbranched alkanes of at least 4 members (excludes halogenated alkanes) is 1. The molecule has 0 aliphatic carbocycles. The van der Waals surface area contributed by atoms with Gasteiger partial charge in [-0.15, -0.1) is 0 Å². The molecule has 0 rings (SSSR count). The summed E-state index contributed by atoms with van der Waals surface area (Å²) in [4.78, 5) is 58.9. The Morgan fingerprint density at radius 1 is 0.967 bits per heavy atom. The summed E-state index contributed by atoms with van der Waals surface area (Å²) in [7, 11) is 0. The molecule has 0 spiro atoms. The Hall–Kier alpha value is -2.73. The van der Waals surface area contributed by atoms with E-state index in [0.717, 1.165) is 6.42 Å². The number of hydrogen-bond donors (Lipinski definition) is 7. The van der Waals surface area contributed by atoms with Crippen LogP contribution in [-0.4, -0.2) is 65.9 Å². The van der Waals surface area contributed by atoms with Gasteiger partial charge in [0.25, 0.3) is 0 Å². The minimum Gasteiger partial charge on any atom is -0.480 e. The summed E-state index contributed by atoms with van der Waals surface area (Å²) >= 11 is 0. The van der Waals surface area contributed by atoms with Crippen LogP contribution in [0.25, 0.3) is 0 Å². The fourth-order valence-electron chi connectivity index (χ4n) is 2.56. The molecule has 12 heteroatoms. The number of amides is 4. The van der Waals surface area contributed by atoms with E-state index in [9.17, 15) is 29.1 Å². The number of primary amides is 1. The second kappa shape index (κ2) is 14.3. The molecule has 10 N–H and O–H groups in total. The first kappa shape index (κ1) is 27.3.